The molecule has 0 atom stereocenters. The Bertz CT molecular complexity index is 1090. The molecule has 0 aliphatic rings. The smallest absolute Gasteiger partial charge is 0.322 e. The summed E-state index contributed by atoms with van der Waals surface area (Å²) in [7, 11) is -3.26. The van der Waals surface area contributed by atoms with Crippen LogP contribution in [-0.2, 0) is 21.1 Å². The van der Waals surface area contributed by atoms with E-state index >= 15 is 0 Å². The second kappa shape index (κ2) is 7.32. The maximum atomic E-state index is 12.2. The minimum Gasteiger partial charge on any atom is -0.403 e. The fourth-order valence-electron chi connectivity index (χ4n) is 2.47. The Morgan fingerprint density at radius 2 is 1.74 bits per heavy atom. The van der Waals surface area contributed by atoms with Crippen molar-refractivity contribution in [1.29, 1.82) is 0 Å². The van der Waals surface area contributed by atoms with Gasteiger partial charge in [-0.05, 0) is 54.8 Å². The first-order chi connectivity index (χ1) is 12.7. The highest BCUT2D eigenvalue weighted by Gasteiger charge is 2.13. The molecule has 140 valence electrons. The van der Waals surface area contributed by atoms with Crippen molar-refractivity contribution in [3.63, 3.8) is 0 Å². The van der Waals surface area contributed by atoms with Gasteiger partial charge < -0.3 is 4.42 Å². The predicted octanol–water partition coefficient (Wildman–Crippen LogP) is 2.94. The van der Waals surface area contributed by atoms with E-state index in [4.69, 9.17) is 4.42 Å². The zero-order valence-corrected chi connectivity index (χ0v) is 16.0. The summed E-state index contributed by atoms with van der Waals surface area (Å²) in [5.41, 5.74) is 3.72. The summed E-state index contributed by atoms with van der Waals surface area (Å²) in [6, 6.07) is 12.0. The van der Waals surface area contributed by atoms with E-state index in [2.05, 4.69) is 15.5 Å². The van der Waals surface area contributed by atoms with Crippen LogP contribution >= 0.6 is 0 Å². The SMILES string of the molecule is Cc1ccc(-c2nnc(NC(=O)Cc3ccc(S(C)(=O)=O)cc3)o2)cc1C. The van der Waals surface area contributed by atoms with Crippen LogP contribution < -0.4 is 5.32 Å². The number of aryl methyl sites for hydroxylation is 2. The molecule has 1 aromatic heterocycles. The third kappa shape index (κ3) is 4.59. The Morgan fingerprint density at radius 3 is 2.37 bits per heavy atom. The van der Waals surface area contributed by atoms with Gasteiger partial charge in [-0.25, -0.2) is 8.42 Å². The van der Waals surface area contributed by atoms with Gasteiger partial charge in [0.1, 0.15) is 0 Å². The Morgan fingerprint density at radius 1 is 1.04 bits per heavy atom. The number of nitrogens with zero attached hydrogens (tertiary/aromatic N) is 2. The topological polar surface area (TPSA) is 102 Å². The first kappa shape index (κ1) is 18.8. The Kier molecular flexibility index (Phi) is 5.09. The first-order valence-electron chi connectivity index (χ1n) is 8.22. The van der Waals surface area contributed by atoms with E-state index in [1.165, 1.54) is 12.1 Å². The molecular weight excluding hydrogens is 366 g/mol. The number of carbonyl (C=O) groups is 1. The van der Waals surface area contributed by atoms with Gasteiger partial charge in [0.15, 0.2) is 9.84 Å². The van der Waals surface area contributed by atoms with Crippen LogP contribution in [0.15, 0.2) is 51.8 Å². The largest absolute Gasteiger partial charge is 0.403 e. The fraction of sp³-hybridized carbons (Fsp3) is 0.211. The van der Waals surface area contributed by atoms with E-state index in [1.807, 2.05) is 32.0 Å². The van der Waals surface area contributed by atoms with Gasteiger partial charge in [-0.2, -0.15) is 0 Å². The van der Waals surface area contributed by atoms with Crippen LogP contribution in [-0.4, -0.2) is 30.8 Å². The molecule has 0 radical (unpaired) electrons. The second-order valence-electron chi connectivity index (χ2n) is 6.35. The van der Waals surface area contributed by atoms with E-state index in [0.717, 1.165) is 22.9 Å². The van der Waals surface area contributed by atoms with Gasteiger partial charge in [-0.3, -0.25) is 10.1 Å². The van der Waals surface area contributed by atoms with Gasteiger partial charge in [0.2, 0.25) is 11.8 Å². The quantitative estimate of drug-likeness (QED) is 0.724. The highest BCUT2D eigenvalue weighted by Crippen LogP contribution is 2.22. The molecule has 0 fully saturated rings. The first-order valence-corrected chi connectivity index (χ1v) is 10.1. The molecule has 2 aromatic carbocycles. The van der Waals surface area contributed by atoms with Crippen LogP contribution in [0.4, 0.5) is 6.01 Å². The van der Waals surface area contributed by atoms with E-state index in [9.17, 15) is 13.2 Å². The summed E-state index contributed by atoms with van der Waals surface area (Å²) in [5.74, 6) is -0.0108. The predicted molar refractivity (Wildman–Crippen MR) is 101 cm³/mol. The number of rotatable bonds is 5. The third-order valence-corrected chi connectivity index (χ3v) is 5.27. The third-order valence-electron chi connectivity index (χ3n) is 4.14. The molecule has 0 aliphatic carbocycles. The zero-order valence-electron chi connectivity index (χ0n) is 15.2. The summed E-state index contributed by atoms with van der Waals surface area (Å²) in [6.07, 6.45) is 1.20. The Balaban J connectivity index is 1.66. The van der Waals surface area contributed by atoms with E-state index in [-0.39, 0.29) is 23.2 Å². The van der Waals surface area contributed by atoms with Crippen LogP contribution in [0, 0.1) is 13.8 Å². The highest BCUT2D eigenvalue weighted by molar-refractivity contribution is 7.90. The molecule has 1 amide bonds. The zero-order chi connectivity index (χ0) is 19.6. The summed E-state index contributed by atoms with van der Waals surface area (Å²) >= 11 is 0. The van der Waals surface area contributed by atoms with Gasteiger partial charge in [0, 0.05) is 11.8 Å². The Hall–Kier alpha value is -3.00. The van der Waals surface area contributed by atoms with Crippen LogP contribution in [0.3, 0.4) is 0 Å². The van der Waals surface area contributed by atoms with Gasteiger partial charge in [0.05, 0.1) is 11.3 Å². The normalized spacial score (nSPS) is 11.4. The number of benzene rings is 2. The van der Waals surface area contributed by atoms with Gasteiger partial charge >= 0.3 is 6.01 Å². The monoisotopic (exact) mass is 385 g/mol. The Labute approximate surface area is 157 Å². The molecule has 0 unspecified atom stereocenters. The van der Waals surface area contributed by atoms with Crippen LogP contribution in [0.1, 0.15) is 16.7 Å². The van der Waals surface area contributed by atoms with Crippen LogP contribution in [0.2, 0.25) is 0 Å². The van der Waals surface area contributed by atoms with Gasteiger partial charge in [-0.1, -0.05) is 23.3 Å². The summed E-state index contributed by atoms with van der Waals surface area (Å²) < 4.78 is 28.4. The summed E-state index contributed by atoms with van der Waals surface area (Å²) in [4.78, 5) is 12.4. The lowest BCUT2D eigenvalue weighted by Crippen LogP contribution is -2.14. The maximum absolute atomic E-state index is 12.2. The average molecular weight is 385 g/mol. The molecule has 0 bridgehead atoms. The molecule has 0 saturated heterocycles. The molecule has 0 aliphatic heterocycles. The molecule has 27 heavy (non-hydrogen) atoms. The number of nitrogens with one attached hydrogen (secondary N) is 1. The minimum atomic E-state index is -3.26. The van der Waals surface area contributed by atoms with Crippen molar-refractivity contribution in [1.82, 2.24) is 10.2 Å². The van der Waals surface area contributed by atoms with Gasteiger partial charge in [-0.15, -0.1) is 5.10 Å². The fourth-order valence-corrected chi connectivity index (χ4v) is 3.10. The van der Waals surface area contributed by atoms with Crippen molar-refractivity contribution in [2.75, 3.05) is 11.6 Å². The average Bonchev–Trinajstić information content (AvgIpc) is 3.05. The van der Waals surface area contributed by atoms with Crippen molar-refractivity contribution in [2.24, 2.45) is 0 Å². The van der Waals surface area contributed by atoms with E-state index < -0.39 is 9.84 Å². The van der Waals surface area contributed by atoms with Gasteiger partial charge in [0.25, 0.3) is 0 Å². The molecule has 7 nitrogen and oxygen atoms in total. The van der Waals surface area contributed by atoms with Crippen molar-refractivity contribution >= 4 is 21.8 Å². The number of anilines is 1. The summed E-state index contributed by atoms with van der Waals surface area (Å²) in [5, 5.41) is 10.4. The molecule has 0 saturated carbocycles. The lowest BCUT2D eigenvalue weighted by molar-refractivity contribution is -0.115. The number of aromatic nitrogens is 2. The lowest BCUT2D eigenvalue weighted by atomic mass is 10.1. The molecule has 0 spiro atoms. The molecular formula is C19H19N3O4S. The molecule has 3 aromatic rings. The number of hydrogen-bond donors (Lipinski definition) is 1. The standard InChI is InChI=1S/C19H19N3O4S/c1-12-4-7-15(10-13(12)2)18-21-22-19(26-18)20-17(23)11-14-5-8-16(9-6-14)27(3,24)25/h4-10H,11H2,1-3H3,(H,20,22,23). The van der Waals surface area contributed by atoms with Crippen LogP contribution in [0.5, 0.6) is 0 Å². The van der Waals surface area contributed by atoms with E-state index in [0.29, 0.717) is 11.5 Å². The number of amides is 1. The minimum absolute atomic E-state index is 0.0148. The maximum Gasteiger partial charge on any atom is 0.322 e. The van der Waals surface area contributed by atoms with Crippen LogP contribution in [0.25, 0.3) is 11.5 Å². The molecule has 8 heteroatoms. The number of sulfone groups is 1. The molecule has 1 N–H and O–H groups in total. The molecule has 3 rings (SSSR count). The van der Waals surface area contributed by atoms with Crippen molar-refractivity contribution in [3.05, 3.63) is 59.2 Å². The number of hydrogen-bond acceptors (Lipinski definition) is 6. The van der Waals surface area contributed by atoms with E-state index in [1.54, 1.807) is 12.1 Å². The molecule has 1 heterocycles. The number of carbonyl (C=O) groups excluding carboxylic acids is 1. The lowest BCUT2D eigenvalue weighted by Gasteiger charge is -2.03. The van der Waals surface area contributed by atoms with Crippen molar-refractivity contribution < 1.29 is 17.6 Å². The van der Waals surface area contributed by atoms with Crippen molar-refractivity contribution in [2.45, 2.75) is 25.2 Å². The second-order valence-corrected chi connectivity index (χ2v) is 8.37. The summed E-state index contributed by atoms with van der Waals surface area (Å²) in [6.45, 7) is 4.01. The van der Waals surface area contributed by atoms with Crippen molar-refractivity contribution in [3.8, 4) is 11.5 Å². The highest BCUT2D eigenvalue weighted by atomic mass is 32.2.